The van der Waals surface area contributed by atoms with Gasteiger partial charge in [0.05, 0.1) is 16.0 Å². The summed E-state index contributed by atoms with van der Waals surface area (Å²) in [6.07, 6.45) is 1.97. The van der Waals surface area contributed by atoms with Crippen molar-refractivity contribution < 1.29 is 4.79 Å². The van der Waals surface area contributed by atoms with Crippen molar-refractivity contribution >= 4 is 47.2 Å². The number of hydrogen-bond acceptors (Lipinski definition) is 2. The molecule has 1 aromatic rings. The molecule has 1 heterocycles. The van der Waals surface area contributed by atoms with Crippen LogP contribution in [0.4, 0.5) is 5.69 Å². The summed E-state index contributed by atoms with van der Waals surface area (Å²) in [5, 5.41) is 7.01. The van der Waals surface area contributed by atoms with Crippen LogP contribution in [0.5, 0.6) is 0 Å². The molecule has 1 saturated heterocycles. The van der Waals surface area contributed by atoms with Crippen molar-refractivity contribution in [1.82, 2.24) is 5.32 Å². The third-order valence-electron chi connectivity index (χ3n) is 2.85. The molecule has 0 aliphatic carbocycles. The van der Waals surface area contributed by atoms with Crippen LogP contribution in [-0.4, -0.2) is 19.0 Å². The second kappa shape index (κ2) is 7.19. The van der Waals surface area contributed by atoms with Crippen LogP contribution in [0, 0.1) is 5.92 Å². The van der Waals surface area contributed by atoms with E-state index in [0.717, 1.165) is 25.9 Å². The van der Waals surface area contributed by atoms with Crippen molar-refractivity contribution in [3.05, 3.63) is 28.2 Å². The number of carbonyl (C=O) groups is 1. The highest BCUT2D eigenvalue weighted by Crippen LogP contribution is 2.25. The maximum atomic E-state index is 11.9. The fourth-order valence-corrected chi connectivity index (χ4v) is 2.19. The number of amides is 1. The summed E-state index contributed by atoms with van der Waals surface area (Å²) < 4.78 is 0. The van der Waals surface area contributed by atoms with Gasteiger partial charge in [0.2, 0.25) is 5.91 Å². The predicted molar refractivity (Wildman–Crippen MR) is 77.9 cm³/mol. The molecule has 2 N–H and O–H groups in total. The zero-order valence-electron chi connectivity index (χ0n) is 9.71. The molecule has 1 amide bonds. The van der Waals surface area contributed by atoms with E-state index in [1.807, 2.05) is 0 Å². The number of nitrogens with one attached hydrogen (secondary N) is 2. The molecule has 0 unspecified atom stereocenters. The summed E-state index contributed by atoms with van der Waals surface area (Å²) in [5.41, 5.74) is 0.690. The Balaban J connectivity index is 0.00000162. The summed E-state index contributed by atoms with van der Waals surface area (Å²) in [6.45, 7) is 1.74. The van der Waals surface area contributed by atoms with Crippen molar-refractivity contribution in [3.63, 3.8) is 0 Å². The first-order chi connectivity index (χ1) is 8.16. The van der Waals surface area contributed by atoms with E-state index in [-0.39, 0.29) is 24.2 Å². The molecule has 1 aliphatic rings. The monoisotopic (exact) mass is 308 g/mol. The Bertz CT molecular complexity index is 420. The van der Waals surface area contributed by atoms with Gasteiger partial charge in [0.1, 0.15) is 0 Å². The lowest BCUT2D eigenvalue weighted by Crippen LogP contribution is -2.37. The number of halogens is 3. The normalized spacial score (nSPS) is 18.9. The number of piperidine rings is 1. The van der Waals surface area contributed by atoms with Crippen LogP contribution >= 0.6 is 35.6 Å². The van der Waals surface area contributed by atoms with Crippen LogP contribution in [-0.2, 0) is 4.79 Å². The van der Waals surface area contributed by atoms with E-state index in [4.69, 9.17) is 23.2 Å². The fraction of sp³-hybridized carbons (Fsp3) is 0.417. The molecule has 3 nitrogen and oxygen atoms in total. The quantitative estimate of drug-likeness (QED) is 0.879. The second-order valence-electron chi connectivity index (χ2n) is 4.16. The Kier molecular flexibility index (Phi) is 6.22. The Morgan fingerprint density at radius 1 is 1.33 bits per heavy atom. The molecular weight excluding hydrogens is 295 g/mol. The largest absolute Gasteiger partial charge is 0.326 e. The Morgan fingerprint density at radius 3 is 2.72 bits per heavy atom. The fourth-order valence-electron chi connectivity index (χ4n) is 1.89. The van der Waals surface area contributed by atoms with Crippen molar-refractivity contribution in [2.24, 2.45) is 5.92 Å². The van der Waals surface area contributed by atoms with E-state index in [9.17, 15) is 4.79 Å². The van der Waals surface area contributed by atoms with Crippen LogP contribution in [0.1, 0.15) is 12.8 Å². The molecule has 1 aliphatic heterocycles. The van der Waals surface area contributed by atoms with Gasteiger partial charge in [0.25, 0.3) is 0 Å². The Morgan fingerprint density at radius 2 is 2.11 bits per heavy atom. The van der Waals surface area contributed by atoms with Crippen molar-refractivity contribution in [1.29, 1.82) is 0 Å². The average Bonchev–Trinajstić information content (AvgIpc) is 2.35. The van der Waals surface area contributed by atoms with Crippen LogP contribution < -0.4 is 10.6 Å². The molecular formula is C12H15Cl3N2O. The molecule has 1 fully saturated rings. The summed E-state index contributed by atoms with van der Waals surface area (Å²) in [5.74, 6) is 0.0776. The molecule has 1 atom stereocenters. The van der Waals surface area contributed by atoms with E-state index >= 15 is 0 Å². The zero-order valence-corrected chi connectivity index (χ0v) is 12.0. The van der Waals surface area contributed by atoms with Crippen molar-refractivity contribution in [2.75, 3.05) is 18.4 Å². The minimum absolute atomic E-state index is 0. The molecule has 0 bridgehead atoms. The molecule has 0 aromatic heterocycles. The smallest absolute Gasteiger partial charge is 0.228 e. The average molecular weight is 310 g/mol. The lowest BCUT2D eigenvalue weighted by Gasteiger charge is -2.21. The molecule has 18 heavy (non-hydrogen) atoms. The topological polar surface area (TPSA) is 41.1 Å². The van der Waals surface area contributed by atoms with Gasteiger partial charge in [-0.25, -0.2) is 0 Å². The lowest BCUT2D eigenvalue weighted by molar-refractivity contribution is -0.120. The third kappa shape index (κ3) is 4.02. The minimum atomic E-state index is 0. The van der Waals surface area contributed by atoms with Gasteiger partial charge < -0.3 is 10.6 Å². The minimum Gasteiger partial charge on any atom is -0.326 e. The van der Waals surface area contributed by atoms with Gasteiger partial charge in [-0.3, -0.25) is 4.79 Å². The number of rotatable bonds is 2. The Hall–Kier alpha value is -0.480. The van der Waals surface area contributed by atoms with E-state index in [1.165, 1.54) is 0 Å². The van der Waals surface area contributed by atoms with Gasteiger partial charge >= 0.3 is 0 Å². The number of benzene rings is 1. The number of hydrogen-bond donors (Lipinski definition) is 2. The van der Waals surface area contributed by atoms with Crippen molar-refractivity contribution in [2.45, 2.75) is 12.8 Å². The summed E-state index contributed by atoms with van der Waals surface area (Å²) in [4.78, 5) is 11.9. The molecule has 0 radical (unpaired) electrons. The third-order valence-corrected chi connectivity index (χ3v) is 3.59. The first-order valence-corrected chi connectivity index (χ1v) is 6.39. The van der Waals surface area contributed by atoms with Gasteiger partial charge in [-0.2, -0.15) is 0 Å². The molecule has 100 valence electrons. The summed E-state index contributed by atoms with van der Waals surface area (Å²) >= 11 is 11.7. The molecule has 1 aromatic carbocycles. The van der Waals surface area contributed by atoms with Crippen molar-refractivity contribution in [3.8, 4) is 0 Å². The highest BCUT2D eigenvalue weighted by molar-refractivity contribution is 6.42. The SMILES string of the molecule is Cl.O=C(Nc1ccc(Cl)c(Cl)c1)[C@@H]1CCCNC1. The molecule has 6 heteroatoms. The highest BCUT2D eigenvalue weighted by atomic mass is 35.5. The maximum Gasteiger partial charge on any atom is 0.228 e. The van der Waals surface area contributed by atoms with Crippen LogP contribution in [0.3, 0.4) is 0 Å². The first kappa shape index (κ1) is 15.6. The molecule has 2 rings (SSSR count). The first-order valence-electron chi connectivity index (χ1n) is 5.63. The molecule has 0 saturated carbocycles. The van der Waals surface area contributed by atoms with Gasteiger partial charge in [0, 0.05) is 12.2 Å². The predicted octanol–water partition coefficient (Wildman–Crippen LogP) is 3.35. The van der Waals surface area contributed by atoms with Crippen LogP contribution in [0.25, 0.3) is 0 Å². The van der Waals surface area contributed by atoms with Crippen LogP contribution in [0.2, 0.25) is 10.0 Å². The van der Waals surface area contributed by atoms with Crippen LogP contribution in [0.15, 0.2) is 18.2 Å². The van der Waals surface area contributed by atoms with E-state index in [0.29, 0.717) is 15.7 Å². The van der Waals surface area contributed by atoms with Gasteiger partial charge in [-0.1, -0.05) is 23.2 Å². The summed E-state index contributed by atoms with van der Waals surface area (Å²) in [7, 11) is 0. The van der Waals surface area contributed by atoms with Gasteiger partial charge in [-0.05, 0) is 37.6 Å². The van der Waals surface area contributed by atoms with Gasteiger partial charge in [0.15, 0.2) is 0 Å². The summed E-state index contributed by atoms with van der Waals surface area (Å²) in [6, 6.07) is 5.10. The zero-order chi connectivity index (χ0) is 12.3. The van der Waals surface area contributed by atoms with E-state index in [2.05, 4.69) is 10.6 Å². The highest BCUT2D eigenvalue weighted by Gasteiger charge is 2.20. The molecule has 0 spiro atoms. The standard InChI is InChI=1S/C12H14Cl2N2O.ClH/c13-10-4-3-9(6-11(10)14)16-12(17)8-2-1-5-15-7-8;/h3-4,6,8,15H,1-2,5,7H2,(H,16,17);1H/t8-;/m1./s1. The second-order valence-corrected chi connectivity index (χ2v) is 4.98. The van der Waals surface area contributed by atoms with Gasteiger partial charge in [-0.15, -0.1) is 12.4 Å². The lowest BCUT2D eigenvalue weighted by atomic mass is 9.99. The number of carbonyl (C=O) groups excluding carboxylic acids is 1. The van der Waals surface area contributed by atoms with E-state index in [1.54, 1.807) is 18.2 Å². The number of anilines is 1. The Labute approximate surface area is 123 Å². The van der Waals surface area contributed by atoms with E-state index < -0.39 is 0 Å². The maximum absolute atomic E-state index is 11.9.